The molecule has 0 aliphatic heterocycles. The number of carbonyl (C=O) groups excluding carboxylic acids is 1. The van der Waals surface area contributed by atoms with Crippen LogP contribution in [0.15, 0.2) is 85.1 Å². The molecule has 2 aromatic heterocycles. The van der Waals surface area contributed by atoms with E-state index in [1.165, 1.54) is 0 Å². The van der Waals surface area contributed by atoms with Crippen LogP contribution in [-0.2, 0) is 0 Å². The second kappa shape index (κ2) is 8.12. The minimum atomic E-state index is -0.144. The van der Waals surface area contributed by atoms with Crippen LogP contribution in [0.25, 0.3) is 32.9 Å². The second-order valence-electron chi connectivity index (χ2n) is 7.32. The number of ketones is 1. The summed E-state index contributed by atoms with van der Waals surface area (Å²) in [6, 6.07) is 24.7. The van der Waals surface area contributed by atoms with Crippen LogP contribution in [-0.4, -0.2) is 30.0 Å². The lowest BCUT2D eigenvalue weighted by molar-refractivity contribution is 0.103. The lowest BCUT2D eigenvalue weighted by Gasteiger charge is -2.14. The number of benzene rings is 3. The maximum Gasteiger partial charge on any atom is 0.212 e. The number of fused-ring (bicyclic) bond motifs is 3. The monoisotopic (exact) mass is 420 g/mol. The average molecular weight is 420 g/mol. The fourth-order valence-electron chi connectivity index (χ4n) is 4.00. The van der Waals surface area contributed by atoms with E-state index in [9.17, 15) is 4.79 Å². The Bertz CT molecular complexity index is 1450. The van der Waals surface area contributed by atoms with Crippen LogP contribution in [0.5, 0.6) is 11.5 Å². The molecule has 5 rings (SSSR count). The van der Waals surface area contributed by atoms with Crippen molar-refractivity contribution < 1.29 is 14.3 Å². The molecule has 0 saturated heterocycles. The first-order valence-corrected chi connectivity index (χ1v) is 10.2. The molecule has 5 heteroatoms. The van der Waals surface area contributed by atoms with Crippen LogP contribution in [0.3, 0.4) is 0 Å². The van der Waals surface area contributed by atoms with Crippen molar-refractivity contribution in [3.63, 3.8) is 0 Å². The second-order valence-corrected chi connectivity index (χ2v) is 7.32. The van der Waals surface area contributed by atoms with E-state index in [4.69, 9.17) is 14.5 Å². The Labute approximate surface area is 185 Å². The van der Waals surface area contributed by atoms with Gasteiger partial charge in [0.25, 0.3) is 0 Å². The highest BCUT2D eigenvalue weighted by Crippen LogP contribution is 2.39. The topological polar surface area (TPSA) is 61.3 Å². The van der Waals surface area contributed by atoms with Gasteiger partial charge in [0.2, 0.25) is 5.78 Å². The molecule has 156 valence electrons. The fourth-order valence-corrected chi connectivity index (χ4v) is 4.00. The largest absolute Gasteiger partial charge is 0.493 e. The highest BCUT2D eigenvalue weighted by atomic mass is 16.5. The Morgan fingerprint density at radius 3 is 2.25 bits per heavy atom. The summed E-state index contributed by atoms with van der Waals surface area (Å²) in [5.74, 6) is 1.13. The summed E-state index contributed by atoms with van der Waals surface area (Å²) in [6.07, 6.45) is 1.63. The third-order valence-corrected chi connectivity index (χ3v) is 5.53. The van der Waals surface area contributed by atoms with Crippen molar-refractivity contribution in [1.29, 1.82) is 0 Å². The molecule has 0 atom stereocenters. The fraction of sp³-hybridized carbons (Fsp3) is 0.0741. The minimum absolute atomic E-state index is 0.144. The number of aromatic nitrogens is 2. The Morgan fingerprint density at radius 2 is 1.53 bits per heavy atom. The van der Waals surface area contributed by atoms with E-state index in [0.29, 0.717) is 22.8 Å². The zero-order chi connectivity index (χ0) is 22.1. The molecule has 3 aromatic carbocycles. The molecule has 0 saturated carbocycles. The highest BCUT2D eigenvalue weighted by molar-refractivity contribution is 6.20. The molecule has 5 nitrogen and oxygen atoms in total. The first kappa shape index (κ1) is 19.7. The summed E-state index contributed by atoms with van der Waals surface area (Å²) in [7, 11) is 3.23. The Balaban J connectivity index is 1.86. The van der Waals surface area contributed by atoms with Gasteiger partial charge in [0.15, 0.2) is 11.5 Å². The normalized spacial score (nSPS) is 10.9. The molecular formula is C27H20N2O3. The van der Waals surface area contributed by atoms with Gasteiger partial charge in [-0.15, -0.1) is 0 Å². The molecule has 0 unspecified atom stereocenters. The molecule has 0 amide bonds. The number of rotatable bonds is 5. The van der Waals surface area contributed by atoms with Crippen molar-refractivity contribution >= 4 is 27.5 Å². The van der Waals surface area contributed by atoms with Gasteiger partial charge in [-0.05, 0) is 36.4 Å². The number of hydrogen-bond acceptors (Lipinski definition) is 5. The van der Waals surface area contributed by atoms with Gasteiger partial charge in [-0.1, -0.05) is 42.5 Å². The van der Waals surface area contributed by atoms with Gasteiger partial charge in [0.1, 0.15) is 5.69 Å². The standard InChI is InChI=1S/C27H20N2O3/c1-31-24-14-13-18-20(27(24)32-2)12-11-19-21(26(30)22-10-6-7-15-28-22)16-23(29-25(18)19)17-8-4-3-5-9-17/h3-16H,1-2H3. The highest BCUT2D eigenvalue weighted by Gasteiger charge is 2.19. The number of hydrogen-bond donors (Lipinski definition) is 0. The Kier molecular flexibility index (Phi) is 5.00. The predicted octanol–water partition coefficient (Wildman–Crippen LogP) is 5.70. The lowest BCUT2D eigenvalue weighted by Crippen LogP contribution is -2.06. The quantitative estimate of drug-likeness (QED) is 0.270. The van der Waals surface area contributed by atoms with Gasteiger partial charge in [-0.2, -0.15) is 0 Å². The van der Waals surface area contributed by atoms with Crippen LogP contribution >= 0.6 is 0 Å². The summed E-state index contributed by atoms with van der Waals surface area (Å²) in [5.41, 5.74) is 3.33. The van der Waals surface area contributed by atoms with Gasteiger partial charge in [0.05, 0.1) is 25.4 Å². The zero-order valence-corrected chi connectivity index (χ0v) is 17.7. The van der Waals surface area contributed by atoms with Crippen LogP contribution in [0.2, 0.25) is 0 Å². The van der Waals surface area contributed by atoms with Crippen molar-refractivity contribution in [3.05, 3.63) is 96.3 Å². The van der Waals surface area contributed by atoms with E-state index in [0.717, 1.165) is 32.9 Å². The molecule has 0 spiro atoms. The molecule has 32 heavy (non-hydrogen) atoms. The van der Waals surface area contributed by atoms with Crippen molar-refractivity contribution in [2.45, 2.75) is 0 Å². The van der Waals surface area contributed by atoms with E-state index >= 15 is 0 Å². The van der Waals surface area contributed by atoms with E-state index in [1.54, 1.807) is 32.5 Å². The van der Waals surface area contributed by atoms with E-state index in [-0.39, 0.29) is 5.78 Å². The third-order valence-electron chi connectivity index (χ3n) is 5.53. The number of nitrogens with zero attached hydrogens (tertiary/aromatic N) is 2. The minimum Gasteiger partial charge on any atom is -0.493 e. The molecule has 0 radical (unpaired) electrons. The first-order valence-electron chi connectivity index (χ1n) is 10.2. The predicted molar refractivity (Wildman–Crippen MR) is 125 cm³/mol. The smallest absolute Gasteiger partial charge is 0.212 e. The molecular weight excluding hydrogens is 400 g/mol. The van der Waals surface area contributed by atoms with Gasteiger partial charge < -0.3 is 9.47 Å². The van der Waals surface area contributed by atoms with Crippen molar-refractivity contribution in [1.82, 2.24) is 9.97 Å². The van der Waals surface area contributed by atoms with Crippen LogP contribution in [0, 0.1) is 0 Å². The Morgan fingerprint density at radius 1 is 0.781 bits per heavy atom. The zero-order valence-electron chi connectivity index (χ0n) is 17.7. The van der Waals surface area contributed by atoms with E-state index in [2.05, 4.69) is 4.98 Å². The molecule has 0 aliphatic rings. The molecule has 2 heterocycles. The van der Waals surface area contributed by atoms with Gasteiger partial charge in [0, 0.05) is 33.5 Å². The molecule has 5 aromatic rings. The molecule has 0 N–H and O–H groups in total. The number of pyridine rings is 2. The van der Waals surface area contributed by atoms with Gasteiger partial charge in [-0.25, -0.2) is 4.98 Å². The molecule has 0 fully saturated rings. The van der Waals surface area contributed by atoms with E-state index in [1.807, 2.05) is 66.7 Å². The summed E-state index contributed by atoms with van der Waals surface area (Å²) < 4.78 is 11.1. The summed E-state index contributed by atoms with van der Waals surface area (Å²) in [6.45, 7) is 0. The Hall–Kier alpha value is -4.25. The maximum atomic E-state index is 13.5. The first-order chi connectivity index (χ1) is 15.7. The van der Waals surface area contributed by atoms with Crippen LogP contribution in [0.4, 0.5) is 0 Å². The lowest BCUT2D eigenvalue weighted by atomic mass is 9.96. The third kappa shape index (κ3) is 3.24. The van der Waals surface area contributed by atoms with Crippen LogP contribution < -0.4 is 9.47 Å². The van der Waals surface area contributed by atoms with E-state index < -0.39 is 0 Å². The summed E-state index contributed by atoms with van der Waals surface area (Å²) in [5, 5.41) is 2.52. The molecule has 0 aliphatic carbocycles. The van der Waals surface area contributed by atoms with Gasteiger partial charge >= 0.3 is 0 Å². The maximum absolute atomic E-state index is 13.5. The SMILES string of the molecule is COc1ccc2c(ccc3c(C(=O)c4ccccn4)cc(-c4ccccc4)nc32)c1OC. The number of methoxy groups -OCH3 is 2. The van der Waals surface area contributed by atoms with Crippen molar-refractivity contribution in [2.75, 3.05) is 14.2 Å². The average Bonchev–Trinajstić information content (AvgIpc) is 2.87. The van der Waals surface area contributed by atoms with Crippen molar-refractivity contribution in [2.24, 2.45) is 0 Å². The molecule has 0 bridgehead atoms. The van der Waals surface area contributed by atoms with Gasteiger partial charge in [-0.3, -0.25) is 9.78 Å². The number of ether oxygens (including phenoxy) is 2. The number of carbonyl (C=O) groups is 1. The van der Waals surface area contributed by atoms with Crippen molar-refractivity contribution in [3.8, 4) is 22.8 Å². The summed E-state index contributed by atoms with van der Waals surface area (Å²) >= 11 is 0. The summed E-state index contributed by atoms with van der Waals surface area (Å²) in [4.78, 5) is 22.7. The van der Waals surface area contributed by atoms with Crippen LogP contribution in [0.1, 0.15) is 16.1 Å².